The number of aromatic nitrogens is 1. The molecule has 2 aromatic carbocycles. The van der Waals surface area contributed by atoms with E-state index in [-0.39, 0.29) is 11.9 Å². The van der Waals surface area contributed by atoms with Gasteiger partial charge in [-0.05, 0) is 60.9 Å². The maximum atomic E-state index is 13.5. The highest BCUT2D eigenvalue weighted by atomic mass is 16.5. The fourth-order valence-corrected chi connectivity index (χ4v) is 3.81. The molecule has 0 saturated carbocycles. The molecule has 4 rings (SSSR count). The van der Waals surface area contributed by atoms with Crippen LogP contribution in [0.1, 0.15) is 34.5 Å². The fraction of sp³-hybridized carbons (Fsp3) is 0.250. The summed E-state index contributed by atoms with van der Waals surface area (Å²) in [6, 6.07) is 16.7. The Bertz CT molecular complexity index is 1050. The lowest BCUT2D eigenvalue weighted by molar-refractivity contribution is 0.0674. The van der Waals surface area contributed by atoms with Crippen LogP contribution >= 0.6 is 0 Å². The van der Waals surface area contributed by atoms with E-state index in [1.54, 1.807) is 32.5 Å². The Balaban J connectivity index is 1.64. The summed E-state index contributed by atoms with van der Waals surface area (Å²) in [5.41, 5.74) is 2.66. The standard InChI is InChI=1S/C24H24N2O4/c1-16-20-15-22(29-3)21(28-2)14-17(20)11-13-26(16)24(27)19-10-7-12-25-23(19)30-18-8-5-4-6-9-18/h4-10,12,14-16H,11,13H2,1-3H3/t16-/m0/s1. The molecule has 0 saturated heterocycles. The quantitative estimate of drug-likeness (QED) is 0.619. The second-order valence-electron chi connectivity index (χ2n) is 7.10. The zero-order chi connectivity index (χ0) is 21.1. The topological polar surface area (TPSA) is 60.9 Å². The van der Waals surface area contributed by atoms with Crippen LogP contribution in [-0.2, 0) is 6.42 Å². The van der Waals surface area contributed by atoms with Crippen LogP contribution in [0.2, 0.25) is 0 Å². The molecule has 1 amide bonds. The number of nitrogens with zero attached hydrogens (tertiary/aromatic N) is 2. The van der Waals surface area contributed by atoms with Gasteiger partial charge in [-0.3, -0.25) is 4.79 Å². The molecule has 0 N–H and O–H groups in total. The highest BCUT2D eigenvalue weighted by molar-refractivity contribution is 5.97. The summed E-state index contributed by atoms with van der Waals surface area (Å²) >= 11 is 0. The Morgan fingerprint density at radius 2 is 1.77 bits per heavy atom. The number of amides is 1. The van der Waals surface area contributed by atoms with E-state index in [0.717, 1.165) is 17.5 Å². The second kappa shape index (κ2) is 8.45. The molecule has 1 aliphatic rings. The zero-order valence-electron chi connectivity index (χ0n) is 17.3. The van der Waals surface area contributed by atoms with E-state index in [2.05, 4.69) is 4.98 Å². The number of carbonyl (C=O) groups is 1. The van der Waals surface area contributed by atoms with Gasteiger partial charge >= 0.3 is 0 Å². The number of fused-ring (bicyclic) bond motifs is 1. The van der Waals surface area contributed by atoms with Gasteiger partial charge in [-0.15, -0.1) is 0 Å². The Kier molecular flexibility index (Phi) is 5.57. The van der Waals surface area contributed by atoms with Gasteiger partial charge < -0.3 is 19.1 Å². The molecule has 1 aliphatic heterocycles. The molecule has 0 spiro atoms. The third kappa shape index (κ3) is 3.68. The average molecular weight is 404 g/mol. The molecule has 3 aromatic rings. The number of para-hydroxylation sites is 1. The lowest BCUT2D eigenvalue weighted by atomic mass is 9.92. The summed E-state index contributed by atoms with van der Waals surface area (Å²) in [4.78, 5) is 19.6. The van der Waals surface area contributed by atoms with Gasteiger partial charge in [-0.2, -0.15) is 0 Å². The van der Waals surface area contributed by atoms with Crippen LogP contribution in [0, 0.1) is 0 Å². The van der Waals surface area contributed by atoms with Crippen molar-refractivity contribution in [1.29, 1.82) is 0 Å². The molecule has 0 aliphatic carbocycles. The highest BCUT2D eigenvalue weighted by Crippen LogP contribution is 2.39. The minimum absolute atomic E-state index is 0.109. The van der Waals surface area contributed by atoms with Crippen LogP contribution in [0.4, 0.5) is 0 Å². The van der Waals surface area contributed by atoms with Crippen LogP contribution in [-0.4, -0.2) is 36.6 Å². The van der Waals surface area contributed by atoms with Crippen molar-refractivity contribution in [2.75, 3.05) is 20.8 Å². The molecule has 30 heavy (non-hydrogen) atoms. The number of carbonyl (C=O) groups excluding carboxylic acids is 1. The molecule has 6 nitrogen and oxygen atoms in total. The first-order valence-electron chi connectivity index (χ1n) is 9.86. The molecule has 1 aromatic heterocycles. The number of benzene rings is 2. The van der Waals surface area contributed by atoms with Gasteiger partial charge in [0.05, 0.1) is 20.3 Å². The first kappa shape index (κ1) is 19.8. The van der Waals surface area contributed by atoms with Crippen molar-refractivity contribution in [3.05, 3.63) is 77.5 Å². The normalized spacial score (nSPS) is 15.3. The van der Waals surface area contributed by atoms with Gasteiger partial charge in [0, 0.05) is 12.7 Å². The number of rotatable bonds is 5. The Morgan fingerprint density at radius 3 is 2.50 bits per heavy atom. The predicted octanol–water partition coefficient (Wildman–Crippen LogP) is 4.65. The van der Waals surface area contributed by atoms with E-state index in [1.165, 1.54) is 0 Å². The minimum Gasteiger partial charge on any atom is -0.493 e. The monoisotopic (exact) mass is 404 g/mol. The van der Waals surface area contributed by atoms with E-state index in [9.17, 15) is 4.79 Å². The zero-order valence-corrected chi connectivity index (χ0v) is 17.3. The summed E-state index contributed by atoms with van der Waals surface area (Å²) in [6.45, 7) is 2.62. The molecule has 6 heteroatoms. The van der Waals surface area contributed by atoms with E-state index in [1.807, 2.05) is 54.3 Å². The average Bonchev–Trinajstić information content (AvgIpc) is 2.79. The lowest BCUT2D eigenvalue weighted by Crippen LogP contribution is -2.39. The van der Waals surface area contributed by atoms with Crippen LogP contribution < -0.4 is 14.2 Å². The van der Waals surface area contributed by atoms with Crippen LogP contribution in [0.5, 0.6) is 23.1 Å². The highest BCUT2D eigenvalue weighted by Gasteiger charge is 2.31. The largest absolute Gasteiger partial charge is 0.493 e. The molecule has 154 valence electrons. The van der Waals surface area contributed by atoms with Gasteiger partial charge in [-0.25, -0.2) is 4.98 Å². The van der Waals surface area contributed by atoms with Crippen molar-refractivity contribution < 1.29 is 19.0 Å². The third-order valence-corrected chi connectivity index (χ3v) is 5.41. The smallest absolute Gasteiger partial charge is 0.259 e. The van der Waals surface area contributed by atoms with Gasteiger partial charge in [0.25, 0.3) is 5.91 Å². The summed E-state index contributed by atoms with van der Waals surface area (Å²) in [7, 11) is 3.24. The Morgan fingerprint density at radius 1 is 1.03 bits per heavy atom. The molecular formula is C24H24N2O4. The number of hydrogen-bond donors (Lipinski definition) is 0. The first-order valence-corrected chi connectivity index (χ1v) is 9.86. The van der Waals surface area contributed by atoms with Crippen LogP contribution in [0.15, 0.2) is 60.8 Å². The predicted molar refractivity (Wildman–Crippen MR) is 113 cm³/mol. The van der Waals surface area contributed by atoms with E-state index < -0.39 is 0 Å². The summed E-state index contributed by atoms with van der Waals surface area (Å²) < 4.78 is 16.8. The maximum absolute atomic E-state index is 13.5. The number of methoxy groups -OCH3 is 2. The van der Waals surface area contributed by atoms with Crippen molar-refractivity contribution in [2.24, 2.45) is 0 Å². The van der Waals surface area contributed by atoms with E-state index in [4.69, 9.17) is 14.2 Å². The number of hydrogen-bond acceptors (Lipinski definition) is 5. The van der Waals surface area contributed by atoms with Gasteiger partial charge in [0.2, 0.25) is 5.88 Å². The molecular weight excluding hydrogens is 380 g/mol. The molecule has 0 unspecified atom stereocenters. The van der Waals surface area contributed by atoms with Crippen LogP contribution in [0.25, 0.3) is 0 Å². The SMILES string of the molecule is COc1cc2c(cc1OC)[C@H](C)N(C(=O)c1cccnc1Oc1ccccc1)CC2. The van der Waals surface area contributed by atoms with E-state index in [0.29, 0.717) is 35.2 Å². The Hall–Kier alpha value is -3.54. The third-order valence-electron chi connectivity index (χ3n) is 5.41. The van der Waals surface area contributed by atoms with E-state index >= 15 is 0 Å². The molecule has 2 heterocycles. The summed E-state index contributed by atoms with van der Waals surface area (Å²) in [5.74, 6) is 2.20. The second-order valence-corrected chi connectivity index (χ2v) is 7.10. The molecule has 0 radical (unpaired) electrons. The molecule has 0 bridgehead atoms. The summed E-state index contributed by atoms with van der Waals surface area (Å²) in [5, 5.41) is 0. The van der Waals surface area contributed by atoms with Gasteiger partial charge in [0.1, 0.15) is 11.3 Å². The minimum atomic E-state index is -0.120. The van der Waals surface area contributed by atoms with Gasteiger partial charge in [-0.1, -0.05) is 18.2 Å². The first-order chi connectivity index (χ1) is 14.6. The molecule has 0 fully saturated rings. The fourth-order valence-electron chi connectivity index (χ4n) is 3.81. The van der Waals surface area contributed by atoms with Crippen LogP contribution in [0.3, 0.4) is 0 Å². The van der Waals surface area contributed by atoms with Crippen molar-refractivity contribution in [2.45, 2.75) is 19.4 Å². The van der Waals surface area contributed by atoms with Crippen molar-refractivity contribution >= 4 is 5.91 Å². The van der Waals surface area contributed by atoms with Gasteiger partial charge in [0.15, 0.2) is 11.5 Å². The Labute approximate surface area is 176 Å². The lowest BCUT2D eigenvalue weighted by Gasteiger charge is -2.36. The summed E-state index contributed by atoms with van der Waals surface area (Å²) in [6.07, 6.45) is 2.36. The number of pyridine rings is 1. The maximum Gasteiger partial charge on any atom is 0.259 e. The molecule has 1 atom stereocenters. The van der Waals surface area contributed by atoms with Crippen molar-refractivity contribution in [3.8, 4) is 23.1 Å². The van der Waals surface area contributed by atoms with Crippen molar-refractivity contribution in [1.82, 2.24) is 9.88 Å². The van der Waals surface area contributed by atoms with Crippen molar-refractivity contribution in [3.63, 3.8) is 0 Å². The number of ether oxygens (including phenoxy) is 3.